The fourth-order valence-electron chi connectivity index (χ4n) is 1.50. The number of hydrogen-bond acceptors (Lipinski definition) is 2. The van der Waals surface area contributed by atoms with E-state index in [1.165, 1.54) is 12.1 Å². The lowest BCUT2D eigenvalue weighted by Crippen LogP contribution is -2.29. The van der Waals surface area contributed by atoms with Crippen LogP contribution < -0.4 is 4.72 Å². The molecule has 0 aliphatic rings. The van der Waals surface area contributed by atoms with Crippen LogP contribution in [-0.4, -0.2) is 15.0 Å². The van der Waals surface area contributed by atoms with Gasteiger partial charge in [0.05, 0.1) is 4.90 Å². The van der Waals surface area contributed by atoms with Crippen LogP contribution in [0.5, 0.6) is 0 Å². The zero-order valence-electron chi connectivity index (χ0n) is 10.1. The van der Waals surface area contributed by atoms with Crippen LogP contribution in [0.3, 0.4) is 0 Å². The highest BCUT2D eigenvalue weighted by Crippen LogP contribution is 2.14. The second kappa shape index (κ2) is 6.38. The van der Waals surface area contributed by atoms with E-state index in [0.717, 1.165) is 12.8 Å². The molecule has 0 bridgehead atoms. The van der Waals surface area contributed by atoms with Crippen molar-refractivity contribution in [1.82, 2.24) is 4.72 Å². The maximum absolute atomic E-state index is 11.9. The number of nitrogens with one attached hydrogen (secondary N) is 1. The van der Waals surface area contributed by atoms with Gasteiger partial charge in [-0.1, -0.05) is 38.3 Å². The maximum atomic E-state index is 11.9. The maximum Gasteiger partial charge on any atom is 0.240 e. The Bertz CT molecular complexity index is 438. The minimum atomic E-state index is -3.40. The van der Waals surface area contributed by atoms with Gasteiger partial charge in [-0.2, -0.15) is 0 Å². The Balaban J connectivity index is 2.72. The van der Waals surface area contributed by atoms with E-state index in [1.54, 1.807) is 12.1 Å². The van der Waals surface area contributed by atoms with Crippen molar-refractivity contribution in [2.75, 3.05) is 6.54 Å². The van der Waals surface area contributed by atoms with Crippen LogP contribution in [0.1, 0.15) is 26.7 Å². The third-order valence-electron chi connectivity index (χ3n) is 2.84. The molecule has 0 heterocycles. The first kappa shape index (κ1) is 14.5. The first-order valence-corrected chi connectivity index (χ1v) is 7.61. The van der Waals surface area contributed by atoms with Crippen molar-refractivity contribution >= 4 is 21.6 Å². The molecule has 3 nitrogen and oxygen atoms in total. The minimum Gasteiger partial charge on any atom is -0.211 e. The average molecular weight is 276 g/mol. The standard InChI is InChI=1S/C12H18ClNO2S/c1-3-10(4-2)9-14-17(15,16)12-7-5-11(13)6-8-12/h5-8,10,14H,3-4,9H2,1-2H3. The van der Waals surface area contributed by atoms with Crippen molar-refractivity contribution in [3.63, 3.8) is 0 Å². The van der Waals surface area contributed by atoms with Gasteiger partial charge in [-0.3, -0.25) is 0 Å². The summed E-state index contributed by atoms with van der Waals surface area (Å²) >= 11 is 5.72. The van der Waals surface area contributed by atoms with Crippen molar-refractivity contribution in [1.29, 1.82) is 0 Å². The van der Waals surface area contributed by atoms with Gasteiger partial charge in [0.25, 0.3) is 0 Å². The normalized spacial score (nSPS) is 12.0. The van der Waals surface area contributed by atoms with Crippen LogP contribution in [0, 0.1) is 5.92 Å². The highest BCUT2D eigenvalue weighted by atomic mass is 35.5. The van der Waals surface area contributed by atoms with Crippen LogP contribution in [0.2, 0.25) is 5.02 Å². The summed E-state index contributed by atoms with van der Waals surface area (Å²) in [4.78, 5) is 0.257. The first-order valence-electron chi connectivity index (χ1n) is 5.74. The molecule has 0 saturated carbocycles. The fraction of sp³-hybridized carbons (Fsp3) is 0.500. The number of hydrogen-bond donors (Lipinski definition) is 1. The van der Waals surface area contributed by atoms with E-state index in [1.807, 2.05) is 0 Å². The Labute approximate surface area is 108 Å². The van der Waals surface area contributed by atoms with Crippen molar-refractivity contribution < 1.29 is 8.42 Å². The van der Waals surface area contributed by atoms with Gasteiger partial charge in [0.2, 0.25) is 10.0 Å². The van der Waals surface area contributed by atoms with Gasteiger partial charge in [0.1, 0.15) is 0 Å². The second-order valence-electron chi connectivity index (χ2n) is 3.99. The summed E-state index contributed by atoms with van der Waals surface area (Å²) in [5.41, 5.74) is 0. The van der Waals surface area contributed by atoms with E-state index in [4.69, 9.17) is 11.6 Å². The third-order valence-corrected chi connectivity index (χ3v) is 4.53. The van der Waals surface area contributed by atoms with Crippen LogP contribution >= 0.6 is 11.6 Å². The second-order valence-corrected chi connectivity index (χ2v) is 6.19. The van der Waals surface area contributed by atoms with Gasteiger partial charge < -0.3 is 0 Å². The molecule has 1 rings (SSSR count). The van der Waals surface area contributed by atoms with Gasteiger partial charge in [0, 0.05) is 11.6 Å². The van der Waals surface area contributed by atoms with Crippen molar-refractivity contribution in [3.05, 3.63) is 29.3 Å². The lowest BCUT2D eigenvalue weighted by Gasteiger charge is -2.13. The molecule has 0 spiro atoms. The molecule has 0 aliphatic carbocycles. The zero-order chi connectivity index (χ0) is 12.9. The summed E-state index contributed by atoms with van der Waals surface area (Å²) in [7, 11) is -3.40. The number of sulfonamides is 1. The van der Waals surface area contributed by atoms with Crippen LogP contribution in [0.25, 0.3) is 0 Å². The van der Waals surface area contributed by atoms with Gasteiger partial charge in [-0.05, 0) is 30.2 Å². The minimum absolute atomic E-state index is 0.257. The topological polar surface area (TPSA) is 46.2 Å². The van der Waals surface area contributed by atoms with Crippen LogP contribution in [-0.2, 0) is 10.0 Å². The molecule has 5 heteroatoms. The molecule has 0 aliphatic heterocycles. The molecular formula is C12H18ClNO2S. The Morgan fingerprint density at radius 3 is 2.18 bits per heavy atom. The van der Waals surface area contributed by atoms with E-state index < -0.39 is 10.0 Å². The number of halogens is 1. The lowest BCUT2D eigenvalue weighted by atomic mass is 10.0. The zero-order valence-corrected chi connectivity index (χ0v) is 11.7. The molecule has 0 atom stereocenters. The molecule has 0 fully saturated rings. The van der Waals surface area contributed by atoms with Crippen molar-refractivity contribution in [3.8, 4) is 0 Å². The van der Waals surface area contributed by atoms with Crippen LogP contribution in [0.4, 0.5) is 0 Å². The molecule has 96 valence electrons. The number of rotatable bonds is 6. The SMILES string of the molecule is CCC(CC)CNS(=O)(=O)c1ccc(Cl)cc1. The quantitative estimate of drug-likeness (QED) is 0.867. The van der Waals surface area contributed by atoms with E-state index in [0.29, 0.717) is 17.5 Å². The van der Waals surface area contributed by atoms with Gasteiger partial charge in [-0.15, -0.1) is 0 Å². The monoisotopic (exact) mass is 275 g/mol. The van der Waals surface area contributed by atoms with Crippen LogP contribution in [0.15, 0.2) is 29.2 Å². The van der Waals surface area contributed by atoms with E-state index in [2.05, 4.69) is 18.6 Å². The smallest absolute Gasteiger partial charge is 0.211 e. The molecule has 17 heavy (non-hydrogen) atoms. The van der Waals surface area contributed by atoms with Crippen molar-refractivity contribution in [2.45, 2.75) is 31.6 Å². The Hall–Kier alpha value is -0.580. The summed E-state index contributed by atoms with van der Waals surface area (Å²) in [6.45, 7) is 4.60. The van der Waals surface area contributed by atoms with E-state index in [-0.39, 0.29) is 4.90 Å². The summed E-state index contributed by atoms with van der Waals surface area (Å²) in [5.74, 6) is 0.386. The molecule has 1 aromatic carbocycles. The Morgan fingerprint density at radius 2 is 1.71 bits per heavy atom. The van der Waals surface area contributed by atoms with Gasteiger partial charge in [-0.25, -0.2) is 13.1 Å². The van der Waals surface area contributed by atoms with Gasteiger partial charge >= 0.3 is 0 Å². The molecule has 0 unspecified atom stereocenters. The summed E-state index contributed by atoms with van der Waals surface area (Å²) in [6.07, 6.45) is 1.94. The van der Waals surface area contributed by atoms with E-state index in [9.17, 15) is 8.42 Å². The number of benzene rings is 1. The van der Waals surface area contributed by atoms with E-state index >= 15 is 0 Å². The predicted molar refractivity (Wildman–Crippen MR) is 70.7 cm³/mol. The molecule has 0 aromatic heterocycles. The molecular weight excluding hydrogens is 258 g/mol. The molecule has 0 radical (unpaired) electrons. The Morgan fingerprint density at radius 1 is 1.18 bits per heavy atom. The largest absolute Gasteiger partial charge is 0.240 e. The fourth-order valence-corrected chi connectivity index (χ4v) is 2.74. The predicted octanol–water partition coefficient (Wildman–Crippen LogP) is 3.05. The molecule has 0 saturated heterocycles. The van der Waals surface area contributed by atoms with Crippen molar-refractivity contribution in [2.24, 2.45) is 5.92 Å². The molecule has 1 N–H and O–H groups in total. The average Bonchev–Trinajstić information content (AvgIpc) is 2.31. The summed E-state index contributed by atoms with van der Waals surface area (Å²) in [5, 5.41) is 0.531. The summed E-state index contributed by atoms with van der Waals surface area (Å²) in [6, 6.07) is 6.18. The summed E-state index contributed by atoms with van der Waals surface area (Å²) < 4.78 is 26.5. The highest BCUT2D eigenvalue weighted by Gasteiger charge is 2.15. The molecule has 0 amide bonds. The lowest BCUT2D eigenvalue weighted by molar-refractivity contribution is 0.479. The third kappa shape index (κ3) is 4.30. The highest BCUT2D eigenvalue weighted by molar-refractivity contribution is 7.89. The molecule has 1 aromatic rings. The Kier molecular flexibility index (Phi) is 5.43. The van der Waals surface area contributed by atoms with Gasteiger partial charge in [0.15, 0.2) is 0 Å². The first-order chi connectivity index (χ1) is 7.99.